The molecule has 1 aliphatic rings. The van der Waals surface area contributed by atoms with Gasteiger partial charge in [0.25, 0.3) is 0 Å². The minimum atomic E-state index is -2.88. The predicted octanol–water partition coefficient (Wildman–Crippen LogP) is 3.66. The van der Waals surface area contributed by atoms with E-state index in [1.807, 2.05) is 6.07 Å². The SMILES string of the molecule is OCC1CCCN(c2cc(NCc3cc(Br)ccc3OC(F)F)ncn2)C1. The highest BCUT2D eigenvalue weighted by Gasteiger charge is 2.20. The Balaban J connectivity index is 1.69. The molecule has 1 aliphatic heterocycles. The lowest BCUT2D eigenvalue weighted by Gasteiger charge is -2.32. The van der Waals surface area contributed by atoms with Gasteiger partial charge in [-0.05, 0) is 37.0 Å². The Kier molecular flexibility index (Phi) is 6.78. The van der Waals surface area contributed by atoms with Gasteiger partial charge in [0.1, 0.15) is 23.7 Å². The van der Waals surface area contributed by atoms with Crippen molar-refractivity contribution >= 4 is 27.6 Å². The van der Waals surface area contributed by atoms with Crippen LogP contribution in [0.15, 0.2) is 35.1 Å². The molecular weight excluding hydrogens is 422 g/mol. The van der Waals surface area contributed by atoms with Crippen molar-refractivity contribution in [3.63, 3.8) is 0 Å². The number of hydrogen-bond donors (Lipinski definition) is 2. The van der Waals surface area contributed by atoms with E-state index < -0.39 is 6.61 Å². The molecule has 2 N–H and O–H groups in total. The lowest BCUT2D eigenvalue weighted by atomic mass is 9.99. The van der Waals surface area contributed by atoms with Gasteiger partial charge in [-0.25, -0.2) is 9.97 Å². The van der Waals surface area contributed by atoms with E-state index in [1.165, 1.54) is 12.4 Å². The number of ether oxygens (including phenoxy) is 1. The molecular formula is C18H21BrF2N4O2. The summed E-state index contributed by atoms with van der Waals surface area (Å²) >= 11 is 3.34. The molecule has 6 nitrogen and oxygen atoms in total. The van der Waals surface area contributed by atoms with Crippen molar-refractivity contribution in [2.75, 3.05) is 29.9 Å². The van der Waals surface area contributed by atoms with Crippen LogP contribution in [0.2, 0.25) is 0 Å². The van der Waals surface area contributed by atoms with Crippen molar-refractivity contribution < 1.29 is 18.6 Å². The molecule has 2 aromatic rings. The molecule has 0 bridgehead atoms. The number of rotatable bonds is 7. The Bertz CT molecular complexity index is 766. The first-order valence-corrected chi connectivity index (χ1v) is 9.49. The van der Waals surface area contributed by atoms with Crippen LogP contribution >= 0.6 is 15.9 Å². The first-order valence-electron chi connectivity index (χ1n) is 8.70. The van der Waals surface area contributed by atoms with E-state index in [0.29, 0.717) is 11.4 Å². The number of alkyl halides is 2. The van der Waals surface area contributed by atoms with Crippen molar-refractivity contribution in [3.8, 4) is 5.75 Å². The molecule has 9 heteroatoms. The van der Waals surface area contributed by atoms with Gasteiger partial charge in [0.15, 0.2) is 0 Å². The number of benzene rings is 1. The molecule has 0 aliphatic carbocycles. The van der Waals surface area contributed by atoms with Gasteiger partial charge in [0.2, 0.25) is 0 Å². The van der Waals surface area contributed by atoms with Crippen molar-refractivity contribution in [2.24, 2.45) is 5.92 Å². The van der Waals surface area contributed by atoms with Gasteiger partial charge in [0.05, 0.1) is 0 Å². The number of aromatic nitrogens is 2. The number of aliphatic hydroxyl groups is 1. The molecule has 1 aromatic carbocycles. The summed E-state index contributed by atoms with van der Waals surface area (Å²) in [5.41, 5.74) is 0.586. The quantitative estimate of drug-likeness (QED) is 0.681. The summed E-state index contributed by atoms with van der Waals surface area (Å²) in [5, 5.41) is 12.5. The van der Waals surface area contributed by atoms with Crippen LogP contribution in [0.4, 0.5) is 20.4 Å². The second-order valence-electron chi connectivity index (χ2n) is 6.38. The van der Waals surface area contributed by atoms with Crippen LogP contribution in [0.25, 0.3) is 0 Å². The molecule has 146 valence electrons. The zero-order valence-electron chi connectivity index (χ0n) is 14.6. The van der Waals surface area contributed by atoms with Gasteiger partial charge in [-0.1, -0.05) is 15.9 Å². The normalized spacial score (nSPS) is 17.2. The van der Waals surface area contributed by atoms with E-state index in [1.54, 1.807) is 12.1 Å². The summed E-state index contributed by atoms with van der Waals surface area (Å²) in [4.78, 5) is 10.6. The standard InChI is InChI=1S/C18H21BrF2N4O2/c19-14-3-4-15(27-18(20)21)13(6-14)8-22-16-7-17(24-11-23-16)25-5-1-2-12(9-25)10-26/h3-4,6-7,11-12,18,26H,1-2,5,8-10H2,(H,22,23,24). The van der Waals surface area contributed by atoms with Gasteiger partial charge in [-0.3, -0.25) is 0 Å². The van der Waals surface area contributed by atoms with Crippen LogP contribution in [-0.2, 0) is 6.54 Å². The Hall–Kier alpha value is -2.00. The molecule has 0 spiro atoms. The highest BCUT2D eigenvalue weighted by molar-refractivity contribution is 9.10. The summed E-state index contributed by atoms with van der Waals surface area (Å²) in [6, 6.07) is 6.70. The fourth-order valence-corrected chi connectivity index (χ4v) is 3.53. The monoisotopic (exact) mass is 442 g/mol. The highest BCUT2D eigenvalue weighted by atomic mass is 79.9. The van der Waals surface area contributed by atoms with E-state index in [0.717, 1.165) is 36.2 Å². The number of anilines is 2. The molecule has 27 heavy (non-hydrogen) atoms. The van der Waals surface area contributed by atoms with E-state index in [4.69, 9.17) is 0 Å². The molecule has 1 saturated heterocycles. The summed E-state index contributed by atoms with van der Waals surface area (Å²) in [6.45, 7) is -0.801. The Morgan fingerprint density at radius 1 is 1.33 bits per heavy atom. The molecule has 2 heterocycles. The Morgan fingerprint density at radius 3 is 2.96 bits per heavy atom. The first kappa shape index (κ1) is 19.8. The smallest absolute Gasteiger partial charge is 0.387 e. The minimum Gasteiger partial charge on any atom is -0.434 e. The van der Waals surface area contributed by atoms with Gasteiger partial charge in [0, 0.05) is 42.3 Å². The van der Waals surface area contributed by atoms with Crippen LogP contribution in [0.1, 0.15) is 18.4 Å². The van der Waals surface area contributed by atoms with Crippen molar-refractivity contribution in [2.45, 2.75) is 26.0 Å². The molecule has 0 radical (unpaired) electrons. The average molecular weight is 443 g/mol. The Morgan fingerprint density at radius 2 is 2.19 bits per heavy atom. The number of nitrogens with zero attached hydrogens (tertiary/aromatic N) is 3. The van der Waals surface area contributed by atoms with Gasteiger partial charge in [-0.2, -0.15) is 8.78 Å². The first-order chi connectivity index (χ1) is 13.0. The van der Waals surface area contributed by atoms with Crippen molar-refractivity contribution in [1.82, 2.24) is 9.97 Å². The predicted molar refractivity (Wildman–Crippen MR) is 102 cm³/mol. The van der Waals surface area contributed by atoms with E-state index >= 15 is 0 Å². The summed E-state index contributed by atoms with van der Waals surface area (Å²) < 4.78 is 30.5. The van der Waals surface area contributed by atoms with Gasteiger partial charge >= 0.3 is 6.61 Å². The minimum absolute atomic E-state index is 0.122. The molecule has 1 unspecified atom stereocenters. The van der Waals surface area contributed by atoms with E-state index in [-0.39, 0.29) is 24.8 Å². The highest BCUT2D eigenvalue weighted by Crippen LogP contribution is 2.26. The number of hydrogen-bond acceptors (Lipinski definition) is 6. The Labute approximate surface area is 164 Å². The maximum absolute atomic E-state index is 12.6. The topological polar surface area (TPSA) is 70.5 Å². The van der Waals surface area contributed by atoms with Crippen LogP contribution in [0, 0.1) is 5.92 Å². The molecule has 0 saturated carbocycles. The number of piperidine rings is 1. The summed E-state index contributed by atoms with van der Waals surface area (Å²) in [5.74, 6) is 1.75. The molecule has 0 amide bonds. The van der Waals surface area contributed by atoms with Crippen LogP contribution in [0.5, 0.6) is 5.75 Å². The molecule has 3 rings (SSSR count). The zero-order valence-corrected chi connectivity index (χ0v) is 16.2. The van der Waals surface area contributed by atoms with Crippen LogP contribution in [0.3, 0.4) is 0 Å². The maximum Gasteiger partial charge on any atom is 0.387 e. The van der Waals surface area contributed by atoms with Crippen LogP contribution in [-0.4, -0.2) is 41.4 Å². The molecule has 1 atom stereocenters. The maximum atomic E-state index is 12.6. The largest absolute Gasteiger partial charge is 0.434 e. The average Bonchev–Trinajstić information content (AvgIpc) is 2.68. The number of aliphatic hydroxyl groups excluding tert-OH is 1. The fourth-order valence-electron chi connectivity index (χ4n) is 3.12. The lowest BCUT2D eigenvalue weighted by Crippen LogP contribution is -2.37. The van der Waals surface area contributed by atoms with Crippen LogP contribution < -0.4 is 15.0 Å². The second kappa shape index (κ2) is 9.27. The summed E-state index contributed by atoms with van der Waals surface area (Å²) in [7, 11) is 0. The van der Waals surface area contributed by atoms with Gasteiger partial charge < -0.3 is 20.1 Å². The third-order valence-electron chi connectivity index (χ3n) is 4.45. The van der Waals surface area contributed by atoms with Crippen molar-refractivity contribution in [1.29, 1.82) is 0 Å². The zero-order chi connectivity index (χ0) is 19.2. The molecule has 1 aromatic heterocycles. The fraction of sp³-hybridized carbons (Fsp3) is 0.444. The molecule has 1 fully saturated rings. The lowest BCUT2D eigenvalue weighted by molar-refractivity contribution is -0.0504. The van der Waals surface area contributed by atoms with Gasteiger partial charge in [-0.15, -0.1) is 0 Å². The van der Waals surface area contributed by atoms with E-state index in [9.17, 15) is 13.9 Å². The third kappa shape index (κ3) is 5.49. The number of halogens is 3. The van der Waals surface area contributed by atoms with Crippen molar-refractivity contribution in [3.05, 3.63) is 40.6 Å². The second-order valence-corrected chi connectivity index (χ2v) is 7.30. The third-order valence-corrected chi connectivity index (χ3v) is 4.95. The number of nitrogens with one attached hydrogen (secondary N) is 1. The summed E-state index contributed by atoms with van der Waals surface area (Å²) in [6.07, 6.45) is 3.49. The van der Waals surface area contributed by atoms with E-state index in [2.05, 4.69) is 40.9 Å².